The lowest BCUT2D eigenvalue weighted by atomic mass is 10.1. The number of hydrogen-bond acceptors (Lipinski definition) is 4. The SMILES string of the molecule is N#C/C(=C\c1cn(Cc2ccccc2)nc1-c1cccnc1)C(=O)Nc1ccc(Cl)cc1Cl. The van der Waals surface area contributed by atoms with Crippen LogP contribution >= 0.6 is 23.2 Å². The molecule has 1 amide bonds. The molecule has 0 unspecified atom stereocenters. The largest absolute Gasteiger partial charge is 0.320 e. The Morgan fingerprint density at radius 1 is 1.12 bits per heavy atom. The molecule has 0 aliphatic rings. The predicted molar refractivity (Wildman–Crippen MR) is 130 cm³/mol. The molecule has 0 fully saturated rings. The first kappa shape index (κ1) is 22.3. The third-order valence-corrected chi connectivity index (χ3v) is 5.30. The minimum atomic E-state index is -0.588. The van der Waals surface area contributed by atoms with Crippen LogP contribution in [-0.4, -0.2) is 20.7 Å². The summed E-state index contributed by atoms with van der Waals surface area (Å²) in [4.78, 5) is 17.0. The van der Waals surface area contributed by atoms with E-state index in [0.717, 1.165) is 11.1 Å². The fraction of sp³-hybridized carbons (Fsp3) is 0.0400. The van der Waals surface area contributed by atoms with Gasteiger partial charge in [-0.3, -0.25) is 14.5 Å². The molecule has 33 heavy (non-hydrogen) atoms. The number of carbonyl (C=O) groups excluding carboxylic acids is 1. The van der Waals surface area contributed by atoms with E-state index in [1.54, 1.807) is 41.5 Å². The highest BCUT2D eigenvalue weighted by Crippen LogP contribution is 2.27. The van der Waals surface area contributed by atoms with E-state index < -0.39 is 5.91 Å². The van der Waals surface area contributed by atoms with E-state index in [-0.39, 0.29) is 10.6 Å². The van der Waals surface area contributed by atoms with Gasteiger partial charge in [0.05, 0.1) is 17.3 Å². The fourth-order valence-electron chi connectivity index (χ4n) is 3.21. The number of amides is 1. The molecule has 0 spiro atoms. The van der Waals surface area contributed by atoms with Crippen LogP contribution in [-0.2, 0) is 11.3 Å². The summed E-state index contributed by atoms with van der Waals surface area (Å²) in [6.07, 6.45) is 6.67. The van der Waals surface area contributed by atoms with Crippen molar-refractivity contribution in [2.24, 2.45) is 0 Å². The zero-order valence-electron chi connectivity index (χ0n) is 17.2. The van der Waals surface area contributed by atoms with Crippen LogP contribution in [0.4, 0.5) is 5.69 Å². The molecular formula is C25H17Cl2N5O. The Balaban J connectivity index is 1.69. The van der Waals surface area contributed by atoms with Gasteiger partial charge in [-0.25, -0.2) is 0 Å². The smallest absolute Gasteiger partial charge is 0.266 e. The minimum absolute atomic E-state index is 0.0922. The molecule has 2 aromatic carbocycles. The predicted octanol–water partition coefficient (Wildman–Crippen LogP) is 5.85. The molecule has 2 heterocycles. The second-order valence-corrected chi connectivity index (χ2v) is 7.95. The molecule has 0 radical (unpaired) electrons. The summed E-state index contributed by atoms with van der Waals surface area (Å²) in [6.45, 7) is 0.538. The summed E-state index contributed by atoms with van der Waals surface area (Å²) in [5.41, 5.74) is 3.35. The molecule has 1 N–H and O–H groups in total. The van der Waals surface area contributed by atoms with Crippen LogP contribution in [0.5, 0.6) is 0 Å². The van der Waals surface area contributed by atoms with Crippen LogP contribution in [0.1, 0.15) is 11.1 Å². The number of carbonyl (C=O) groups is 1. The van der Waals surface area contributed by atoms with Gasteiger partial charge in [0, 0.05) is 34.7 Å². The highest BCUT2D eigenvalue weighted by atomic mass is 35.5. The van der Waals surface area contributed by atoms with Crippen LogP contribution < -0.4 is 5.32 Å². The van der Waals surface area contributed by atoms with Gasteiger partial charge in [0.1, 0.15) is 17.3 Å². The van der Waals surface area contributed by atoms with Gasteiger partial charge in [-0.15, -0.1) is 0 Å². The first-order valence-corrected chi connectivity index (χ1v) is 10.7. The van der Waals surface area contributed by atoms with Gasteiger partial charge in [-0.05, 0) is 42.0 Å². The molecule has 4 rings (SSSR count). The Bertz CT molecular complexity index is 1360. The van der Waals surface area contributed by atoms with Crippen molar-refractivity contribution in [1.82, 2.24) is 14.8 Å². The van der Waals surface area contributed by atoms with Crippen molar-refractivity contribution < 1.29 is 4.79 Å². The number of nitriles is 1. The Kier molecular flexibility index (Phi) is 6.84. The number of rotatable bonds is 6. The van der Waals surface area contributed by atoms with Gasteiger partial charge in [-0.2, -0.15) is 10.4 Å². The summed E-state index contributed by atoms with van der Waals surface area (Å²) < 4.78 is 1.77. The van der Waals surface area contributed by atoms with Crippen molar-refractivity contribution in [2.45, 2.75) is 6.54 Å². The van der Waals surface area contributed by atoms with E-state index in [1.807, 2.05) is 42.5 Å². The maximum atomic E-state index is 12.8. The minimum Gasteiger partial charge on any atom is -0.320 e. The topological polar surface area (TPSA) is 83.6 Å². The number of hydrogen-bond donors (Lipinski definition) is 1. The number of anilines is 1. The number of halogens is 2. The number of benzene rings is 2. The lowest BCUT2D eigenvalue weighted by Crippen LogP contribution is -2.13. The van der Waals surface area contributed by atoms with E-state index in [1.165, 1.54) is 12.1 Å². The van der Waals surface area contributed by atoms with E-state index in [0.29, 0.717) is 28.5 Å². The van der Waals surface area contributed by atoms with Gasteiger partial charge in [0.25, 0.3) is 5.91 Å². The van der Waals surface area contributed by atoms with E-state index in [9.17, 15) is 10.1 Å². The monoisotopic (exact) mass is 473 g/mol. The van der Waals surface area contributed by atoms with E-state index in [2.05, 4.69) is 15.4 Å². The molecule has 162 valence electrons. The second-order valence-electron chi connectivity index (χ2n) is 7.11. The third-order valence-electron chi connectivity index (χ3n) is 4.76. The van der Waals surface area contributed by atoms with Crippen molar-refractivity contribution in [1.29, 1.82) is 5.26 Å². The molecule has 6 nitrogen and oxygen atoms in total. The average Bonchev–Trinajstić information content (AvgIpc) is 3.22. The Labute approximate surface area is 200 Å². The molecule has 0 saturated carbocycles. The van der Waals surface area contributed by atoms with Gasteiger partial charge in [0.15, 0.2) is 0 Å². The normalized spacial score (nSPS) is 11.1. The second kappa shape index (κ2) is 10.1. The highest BCUT2D eigenvalue weighted by molar-refractivity contribution is 6.36. The number of aromatic nitrogens is 3. The summed E-state index contributed by atoms with van der Waals surface area (Å²) >= 11 is 12.1. The molecule has 0 atom stereocenters. The summed E-state index contributed by atoms with van der Waals surface area (Å²) in [7, 11) is 0. The Morgan fingerprint density at radius 3 is 2.64 bits per heavy atom. The maximum absolute atomic E-state index is 12.8. The van der Waals surface area contributed by atoms with Gasteiger partial charge < -0.3 is 5.32 Å². The summed E-state index contributed by atoms with van der Waals surface area (Å²) in [6, 6.07) is 20.2. The van der Waals surface area contributed by atoms with E-state index in [4.69, 9.17) is 23.2 Å². The molecular weight excluding hydrogens is 457 g/mol. The summed E-state index contributed by atoms with van der Waals surface area (Å²) in [5, 5.41) is 17.7. The van der Waals surface area contributed by atoms with Crippen molar-refractivity contribution in [3.63, 3.8) is 0 Å². The molecule has 0 bridgehead atoms. The van der Waals surface area contributed by atoms with E-state index >= 15 is 0 Å². The number of pyridine rings is 1. The van der Waals surface area contributed by atoms with Gasteiger partial charge >= 0.3 is 0 Å². The van der Waals surface area contributed by atoms with Crippen molar-refractivity contribution in [3.05, 3.63) is 106 Å². The van der Waals surface area contributed by atoms with Crippen molar-refractivity contribution in [3.8, 4) is 17.3 Å². The first-order valence-electron chi connectivity index (χ1n) is 9.93. The molecule has 2 aromatic heterocycles. The van der Waals surface area contributed by atoms with Crippen molar-refractivity contribution in [2.75, 3.05) is 5.32 Å². The molecule has 0 aliphatic carbocycles. The fourth-order valence-corrected chi connectivity index (χ4v) is 3.66. The Hall–Kier alpha value is -3.92. The van der Waals surface area contributed by atoms with Crippen LogP contribution in [0, 0.1) is 11.3 Å². The van der Waals surface area contributed by atoms with Crippen LogP contribution in [0.2, 0.25) is 10.0 Å². The molecule has 0 saturated heterocycles. The molecule has 4 aromatic rings. The van der Waals surface area contributed by atoms with Gasteiger partial charge in [0.2, 0.25) is 0 Å². The van der Waals surface area contributed by atoms with Gasteiger partial charge in [-0.1, -0.05) is 53.5 Å². The maximum Gasteiger partial charge on any atom is 0.266 e. The van der Waals surface area contributed by atoms with Crippen molar-refractivity contribution >= 4 is 40.9 Å². The van der Waals surface area contributed by atoms with Crippen LogP contribution in [0.3, 0.4) is 0 Å². The summed E-state index contributed by atoms with van der Waals surface area (Å²) in [5.74, 6) is -0.588. The van der Waals surface area contributed by atoms with Crippen LogP contribution in [0.25, 0.3) is 17.3 Å². The standard InChI is InChI=1S/C25H17Cl2N5O/c26-21-8-9-23(22(27)12-21)30-25(33)19(13-28)11-20-16-32(15-17-5-2-1-3-6-17)31-24(20)18-7-4-10-29-14-18/h1-12,14,16H,15H2,(H,30,33)/b19-11+. The zero-order chi connectivity index (χ0) is 23.2. The zero-order valence-corrected chi connectivity index (χ0v) is 18.8. The number of nitrogens with one attached hydrogen (secondary N) is 1. The lowest BCUT2D eigenvalue weighted by Gasteiger charge is -2.07. The Morgan fingerprint density at radius 2 is 1.94 bits per heavy atom. The third kappa shape index (κ3) is 5.47. The van der Waals surface area contributed by atoms with Crippen LogP contribution in [0.15, 0.2) is 84.8 Å². The molecule has 8 heteroatoms. The average molecular weight is 474 g/mol. The highest BCUT2D eigenvalue weighted by Gasteiger charge is 2.16. The first-order chi connectivity index (χ1) is 16.0. The lowest BCUT2D eigenvalue weighted by molar-refractivity contribution is -0.112. The number of nitrogens with zero attached hydrogens (tertiary/aromatic N) is 4. The molecule has 0 aliphatic heterocycles. The quantitative estimate of drug-likeness (QED) is 0.281.